The van der Waals surface area contributed by atoms with Crippen molar-refractivity contribution in [3.63, 3.8) is 0 Å². The number of aromatic amines is 1. The number of nitrogens with zero attached hydrogens (tertiary/aromatic N) is 1. The zero-order valence-corrected chi connectivity index (χ0v) is 9.88. The van der Waals surface area contributed by atoms with Crippen LogP contribution in [0.4, 0.5) is 4.39 Å². The summed E-state index contributed by atoms with van der Waals surface area (Å²) >= 11 is 5.85. The highest BCUT2D eigenvalue weighted by Crippen LogP contribution is 2.12. The highest BCUT2D eigenvalue weighted by molar-refractivity contribution is 6.30. The fourth-order valence-corrected chi connectivity index (χ4v) is 1.77. The molecule has 0 aliphatic rings. The molecular weight excluding hydrogens is 243 g/mol. The van der Waals surface area contributed by atoms with Crippen molar-refractivity contribution < 1.29 is 4.39 Å². The number of nitrogens with one attached hydrogen (secondary N) is 1. The van der Waals surface area contributed by atoms with E-state index in [4.69, 9.17) is 11.6 Å². The number of H-pyrrole nitrogens is 1. The lowest BCUT2D eigenvalue weighted by molar-refractivity contribution is 0.583. The monoisotopic (exact) mass is 252 g/mol. The Morgan fingerprint density at radius 1 is 1.47 bits per heavy atom. The van der Waals surface area contributed by atoms with Gasteiger partial charge in [0.2, 0.25) is 5.82 Å². The number of hydrogen-bond donors (Lipinski definition) is 1. The lowest BCUT2D eigenvalue weighted by Gasteiger charge is -2.03. The molecule has 0 spiro atoms. The molecule has 1 heterocycles. The normalized spacial score (nSPS) is 10.5. The Bertz CT molecular complexity index is 610. The van der Waals surface area contributed by atoms with Gasteiger partial charge in [0.25, 0.3) is 5.56 Å². The van der Waals surface area contributed by atoms with Crippen LogP contribution in [0.5, 0.6) is 0 Å². The predicted molar refractivity (Wildman–Crippen MR) is 63.8 cm³/mol. The summed E-state index contributed by atoms with van der Waals surface area (Å²) in [5.74, 6) is -0.406. The van der Waals surface area contributed by atoms with Crippen LogP contribution in [0.1, 0.15) is 17.1 Å². The highest BCUT2D eigenvalue weighted by atomic mass is 35.5. The number of aromatic nitrogens is 2. The molecule has 0 unspecified atom stereocenters. The van der Waals surface area contributed by atoms with Crippen LogP contribution in [-0.2, 0) is 6.42 Å². The van der Waals surface area contributed by atoms with Crippen molar-refractivity contribution in [3.8, 4) is 0 Å². The van der Waals surface area contributed by atoms with E-state index in [0.717, 1.165) is 5.56 Å². The van der Waals surface area contributed by atoms with Crippen LogP contribution >= 0.6 is 11.6 Å². The Labute approximate surface area is 102 Å². The Morgan fingerprint density at radius 3 is 2.88 bits per heavy atom. The van der Waals surface area contributed by atoms with E-state index in [9.17, 15) is 9.18 Å². The largest absolute Gasteiger partial charge is 0.308 e. The standard InChI is InChI=1S/C12H10ClFN2O/c1-7-11(14)12(17)16-10(15-7)6-8-3-2-4-9(13)5-8/h2-5H,6H2,1H3,(H,15,16,17). The average Bonchev–Trinajstić information content (AvgIpc) is 2.26. The van der Waals surface area contributed by atoms with Crippen LogP contribution in [0.3, 0.4) is 0 Å². The zero-order valence-electron chi connectivity index (χ0n) is 9.13. The fourth-order valence-electron chi connectivity index (χ4n) is 1.55. The maximum Gasteiger partial charge on any atom is 0.287 e. The van der Waals surface area contributed by atoms with Gasteiger partial charge in [-0.15, -0.1) is 0 Å². The molecule has 0 aliphatic heterocycles. The molecule has 0 saturated carbocycles. The molecular formula is C12H10ClFN2O. The summed E-state index contributed by atoms with van der Waals surface area (Å²) in [6.07, 6.45) is 0.414. The molecule has 1 aromatic carbocycles. The van der Waals surface area contributed by atoms with Crippen LogP contribution in [-0.4, -0.2) is 9.97 Å². The van der Waals surface area contributed by atoms with E-state index in [1.807, 2.05) is 12.1 Å². The van der Waals surface area contributed by atoms with Gasteiger partial charge in [-0.05, 0) is 24.6 Å². The molecule has 0 fully saturated rings. The second-order valence-electron chi connectivity index (χ2n) is 3.72. The van der Waals surface area contributed by atoms with E-state index in [1.165, 1.54) is 6.92 Å². The third-order valence-corrected chi connectivity index (χ3v) is 2.57. The van der Waals surface area contributed by atoms with Crippen molar-refractivity contribution in [1.29, 1.82) is 0 Å². The lowest BCUT2D eigenvalue weighted by atomic mass is 10.1. The summed E-state index contributed by atoms with van der Waals surface area (Å²) in [5.41, 5.74) is 0.270. The van der Waals surface area contributed by atoms with Crippen molar-refractivity contribution in [2.45, 2.75) is 13.3 Å². The van der Waals surface area contributed by atoms with Crippen LogP contribution in [0.25, 0.3) is 0 Å². The second kappa shape index (κ2) is 4.67. The third-order valence-electron chi connectivity index (χ3n) is 2.34. The highest BCUT2D eigenvalue weighted by Gasteiger charge is 2.07. The summed E-state index contributed by atoms with van der Waals surface area (Å²) in [7, 11) is 0. The molecule has 5 heteroatoms. The fraction of sp³-hybridized carbons (Fsp3) is 0.167. The van der Waals surface area contributed by atoms with Crippen molar-refractivity contribution in [1.82, 2.24) is 9.97 Å². The van der Waals surface area contributed by atoms with E-state index in [0.29, 0.717) is 17.3 Å². The Hall–Kier alpha value is -1.68. The lowest BCUT2D eigenvalue weighted by Crippen LogP contribution is -2.17. The van der Waals surface area contributed by atoms with E-state index in [2.05, 4.69) is 9.97 Å². The van der Waals surface area contributed by atoms with E-state index in [-0.39, 0.29) is 5.69 Å². The summed E-state index contributed by atoms with van der Waals surface area (Å²) in [6, 6.07) is 7.22. The first kappa shape index (κ1) is 11.8. The van der Waals surface area contributed by atoms with Gasteiger partial charge in [-0.3, -0.25) is 4.79 Å². The number of halogens is 2. The number of benzene rings is 1. The Kier molecular flexibility index (Phi) is 3.24. The quantitative estimate of drug-likeness (QED) is 0.892. The first-order chi connectivity index (χ1) is 8.06. The number of aryl methyl sites for hydroxylation is 1. The SMILES string of the molecule is Cc1nc(Cc2cccc(Cl)c2)[nH]c(=O)c1F. The van der Waals surface area contributed by atoms with E-state index in [1.54, 1.807) is 12.1 Å². The maximum atomic E-state index is 13.1. The average molecular weight is 253 g/mol. The molecule has 0 bridgehead atoms. The van der Waals surface area contributed by atoms with Crippen LogP contribution < -0.4 is 5.56 Å². The summed E-state index contributed by atoms with van der Waals surface area (Å²) in [4.78, 5) is 17.6. The first-order valence-corrected chi connectivity index (χ1v) is 5.44. The zero-order chi connectivity index (χ0) is 12.4. The van der Waals surface area contributed by atoms with Gasteiger partial charge in [-0.1, -0.05) is 23.7 Å². The second-order valence-corrected chi connectivity index (χ2v) is 4.16. The minimum atomic E-state index is -0.833. The maximum absolute atomic E-state index is 13.1. The van der Waals surface area contributed by atoms with Crippen molar-refractivity contribution in [3.05, 3.63) is 62.5 Å². The van der Waals surface area contributed by atoms with Gasteiger partial charge in [-0.25, -0.2) is 4.98 Å². The molecule has 0 aliphatic carbocycles. The molecule has 0 radical (unpaired) electrons. The molecule has 88 valence electrons. The Morgan fingerprint density at radius 2 is 2.24 bits per heavy atom. The summed E-state index contributed by atoms with van der Waals surface area (Å²) in [6.45, 7) is 1.46. The van der Waals surface area contributed by atoms with Crippen LogP contribution in [0, 0.1) is 12.7 Å². The molecule has 0 saturated heterocycles. The Balaban J connectivity index is 2.34. The van der Waals surface area contributed by atoms with Gasteiger partial charge in [0.15, 0.2) is 0 Å². The minimum Gasteiger partial charge on any atom is -0.308 e. The molecule has 2 aromatic rings. The van der Waals surface area contributed by atoms with Gasteiger partial charge in [0.05, 0.1) is 5.69 Å². The van der Waals surface area contributed by atoms with Crippen LogP contribution in [0.2, 0.25) is 5.02 Å². The molecule has 0 atom stereocenters. The van der Waals surface area contributed by atoms with Crippen molar-refractivity contribution >= 4 is 11.6 Å². The number of hydrogen-bond acceptors (Lipinski definition) is 2. The summed E-state index contributed by atoms with van der Waals surface area (Å²) < 4.78 is 13.1. The predicted octanol–water partition coefficient (Wildman–Crippen LogP) is 2.46. The van der Waals surface area contributed by atoms with Crippen molar-refractivity contribution in [2.75, 3.05) is 0 Å². The van der Waals surface area contributed by atoms with Gasteiger partial charge < -0.3 is 4.98 Å². The van der Waals surface area contributed by atoms with Gasteiger partial charge in [0, 0.05) is 11.4 Å². The topological polar surface area (TPSA) is 45.8 Å². The van der Waals surface area contributed by atoms with Gasteiger partial charge in [-0.2, -0.15) is 4.39 Å². The van der Waals surface area contributed by atoms with Crippen molar-refractivity contribution in [2.24, 2.45) is 0 Å². The van der Waals surface area contributed by atoms with Gasteiger partial charge >= 0.3 is 0 Å². The van der Waals surface area contributed by atoms with E-state index < -0.39 is 11.4 Å². The molecule has 3 nitrogen and oxygen atoms in total. The van der Waals surface area contributed by atoms with Crippen LogP contribution in [0.15, 0.2) is 29.1 Å². The third kappa shape index (κ3) is 2.71. The molecule has 0 amide bonds. The summed E-state index contributed by atoms with van der Waals surface area (Å²) in [5, 5.41) is 0.615. The molecule has 1 aromatic heterocycles. The molecule has 17 heavy (non-hydrogen) atoms. The van der Waals surface area contributed by atoms with E-state index >= 15 is 0 Å². The number of rotatable bonds is 2. The smallest absolute Gasteiger partial charge is 0.287 e. The first-order valence-electron chi connectivity index (χ1n) is 5.06. The minimum absolute atomic E-state index is 0.103. The molecule has 2 rings (SSSR count). The van der Waals surface area contributed by atoms with Gasteiger partial charge in [0.1, 0.15) is 5.82 Å². The molecule has 1 N–H and O–H groups in total.